The number of benzene rings is 2. The number of nitrogens with one attached hydrogen (secondary N) is 1. The molecule has 1 saturated heterocycles. The van der Waals surface area contributed by atoms with E-state index >= 15 is 0 Å². The van der Waals surface area contributed by atoms with Gasteiger partial charge in [0, 0.05) is 36.3 Å². The summed E-state index contributed by atoms with van der Waals surface area (Å²) in [5, 5.41) is 3.13. The van der Waals surface area contributed by atoms with Gasteiger partial charge in [-0.05, 0) is 42.7 Å². The van der Waals surface area contributed by atoms with E-state index in [-0.39, 0.29) is 11.9 Å². The van der Waals surface area contributed by atoms with Crippen molar-refractivity contribution in [2.24, 2.45) is 0 Å². The second kappa shape index (κ2) is 8.47. The van der Waals surface area contributed by atoms with Gasteiger partial charge in [0.2, 0.25) is 0 Å². The Morgan fingerprint density at radius 2 is 1.88 bits per heavy atom. The summed E-state index contributed by atoms with van der Waals surface area (Å²) in [6, 6.07) is 13.5. The van der Waals surface area contributed by atoms with Gasteiger partial charge in [-0.15, -0.1) is 0 Å². The van der Waals surface area contributed by atoms with Gasteiger partial charge in [-0.25, -0.2) is 0 Å². The summed E-state index contributed by atoms with van der Waals surface area (Å²) in [4.78, 5) is 12.6. The van der Waals surface area contributed by atoms with Crippen LogP contribution in [0.4, 0.5) is 0 Å². The van der Waals surface area contributed by atoms with Crippen LogP contribution in [0.2, 0.25) is 0 Å². The first kappa shape index (κ1) is 18.6. The van der Waals surface area contributed by atoms with Crippen LogP contribution in [-0.4, -0.2) is 43.6 Å². The molecule has 1 aliphatic heterocycles. The molecule has 5 nitrogen and oxygen atoms in total. The van der Waals surface area contributed by atoms with Gasteiger partial charge >= 0.3 is 0 Å². The van der Waals surface area contributed by atoms with Crippen LogP contribution < -0.4 is 14.8 Å². The van der Waals surface area contributed by atoms with Crippen molar-refractivity contribution in [2.75, 3.05) is 27.3 Å². The standard InChI is InChI=1S/C20H24N2O3S/c1-24-17-6-7-18(19(13-17)25-2)14-4-3-5-15(12-14)20(23)21-16-8-10-22(26)11-9-16/h3-7,12-13,16,26H,8-11H2,1-2H3,(H,21,23). The minimum atomic E-state index is -0.0445. The van der Waals surface area contributed by atoms with Crippen molar-refractivity contribution in [2.45, 2.75) is 18.9 Å². The predicted octanol–water partition coefficient (Wildman–Crippen LogP) is 3.41. The van der Waals surface area contributed by atoms with Gasteiger partial charge in [0.25, 0.3) is 5.91 Å². The molecule has 1 amide bonds. The Labute approximate surface area is 159 Å². The van der Waals surface area contributed by atoms with Gasteiger partial charge in [0.05, 0.1) is 14.2 Å². The third kappa shape index (κ3) is 4.31. The van der Waals surface area contributed by atoms with Gasteiger partial charge in [-0.2, -0.15) is 0 Å². The first-order valence-electron chi connectivity index (χ1n) is 8.68. The van der Waals surface area contributed by atoms with Crippen molar-refractivity contribution in [3.05, 3.63) is 48.0 Å². The highest BCUT2D eigenvalue weighted by Crippen LogP contribution is 2.33. The molecule has 0 aliphatic carbocycles. The molecule has 0 aromatic heterocycles. The summed E-state index contributed by atoms with van der Waals surface area (Å²) in [5.41, 5.74) is 2.50. The topological polar surface area (TPSA) is 50.8 Å². The van der Waals surface area contributed by atoms with Crippen LogP contribution >= 0.6 is 12.8 Å². The Morgan fingerprint density at radius 3 is 2.58 bits per heavy atom. The SMILES string of the molecule is COc1ccc(-c2cccc(C(=O)NC3CCN(S)CC3)c2)c(OC)c1. The number of hydrogen-bond acceptors (Lipinski definition) is 5. The lowest BCUT2D eigenvalue weighted by atomic mass is 10.0. The third-order valence-corrected chi connectivity index (χ3v) is 5.05. The molecule has 0 atom stereocenters. The van der Waals surface area contributed by atoms with Gasteiger partial charge in [-0.3, -0.25) is 9.10 Å². The van der Waals surface area contributed by atoms with E-state index in [0.717, 1.165) is 42.8 Å². The number of thiol groups is 1. The third-order valence-electron chi connectivity index (χ3n) is 4.65. The molecule has 26 heavy (non-hydrogen) atoms. The molecule has 0 saturated carbocycles. The number of amides is 1. The van der Waals surface area contributed by atoms with Gasteiger partial charge in [0.1, 0.15) is 11.5 Å². The number of carbonyl (C=O) groups excluding carboxylic acids is 1. The van der Waals surface area contributed by atoms with Crippen LogP contribution in [0, 0.1) is 0 Å². The fourth-order valence-electron chi connectivity index (χ4n) is 3.14. The first-order valence-corrected chi connectivity index (χ1v) is 9.08. The van der Waals surface area contributed by atoms with Crippen LogP contribution in [0.25, 0.3) is 11.1 Å². The van der Waals surface area contributed by atoms with Crippen molar-refractivity contribution >= 4 is 18.7 Å². The van der Waals surface area contributed by atoms with E-state index in [1.54, 1.807) is 14.2 Å². The second-order valence-corrected chi connectivity index (χ2v) is 6.91. The van der Waals surface area contributed by atoms with E-state index in [1.165, 1.54) is 0 Å². The lowest BCUT2D eigenvalue weighted by molar-refractivity contribution is 0.0924. The Balaban J connectivity index is 1.79. The van der Waals surface area contributed by atoms with Crippen LogP contribution in [-0.2, 0) is 0 Å². The summed E-state index contributed by atoms with van der Waals surface area (Å²) < 4.78 is 12.7. The number of carbonyl (C=O) groups is 1. The molecule has 1 N–H and O–H groups in total. The predicted molar refractivity (Wildman–Crippen MR) is 106 cm³/mol. The largest absolute Gasteiger partial charge is 0.497 e. The van der Waals surface area contributed by atoms with Crippen LogP contribution in [0.3, 0.4) is 0 Å². The summed E-state index contributed by atoms with van der Waals surface area (Å²) in [6.45, 7) is 1.77. The Morgan fingerprint density at radius 1 is 1.12 bits per heavy atom. The number of ether oxygens (including phenoxy) is 2. The quantitative estimate of drug-likeness (QED) is 0.790. The maximum atomic E-state index is 12.6. The number of rotatable bonds is 5. The molecule has 6 heteroatoms. The molecule has 1 aliphatic rings. The minimum Gasteiger partial charge on any atom is -0.497 e. The van der Waals surface area contributed by atoms with Gasteiger partial charge < -0.3 is 14.8 Å². The van der Waals surface area contributed by atoms with Crippen LogP contribution in [0.5, 0.6) is 11.5 Å². The highest BCUT2D eigenvalue weighted by Gasteiger charge is 2.20. The molecular weight excluding hydrogens is 348 g/mol. The number of nitrogens with zero attached hydrogens (tertiary/aromatic N) is 1. The van der Waals surface area contributed by atoms with Crippen molar-refractivity contribution in [1.82, 2.24) is 9.62 Å². The summed E-state index contributed by atoms with van der Waals surface area (Å²) in [6.07, 6.45) is 1.84. The normalized spacial score (nSPS) is 15.5. The van der Waals surface area contributed by atoms with E-state index in [2.05, 4.69) is 18.1 Å². The van der Waals surface area contributed by atoms with E-state index in [4.69, 9.17) is 9.47 Å². The minimum absolute atomic E-state index is 0.0445. The van der Waals surface area contributed by atoms with Gasteiger partial charge in [0.15, 0.2) is 0 Å². The maximum absolute atomic E-state index is 12.6. The molecule has 3 rings (SSSR count). The van der Waals surface area contributed by atoms with Crippen LogP contribution in [0.15, 0.2) is 42.5 Å². The zero-order valence-corrected chi connectivity index (χ0v) is 16.0. The second-order valence-electron chi connectivity index (χ2n) is 6.35. The van der Waals surface area contributed by atoms with Crippen molar-refractivity contribution in [1.29, 1.82) is 0 Å². The average Bonchev–Trinajstić information content (AvgIpc) is 2.69. The van der Waals surface area contributed by atoms with Crippen molar-refractivity contribution in [3.8, 4) is 22.6 Å². The summed E-state index contributed by atoms with van der Waals surface area (Å²) >= 11 is 4.35. The number of methoxy groups -OCH3 is 2. The molecule has 2 aromatic carbocycles. The molecule has 2 aromatic rings. The summed E-state index contributed by atoms with van der Waals surface area (Å²) in [5.74, 6) is 1.40. The van der Waals surface area contributed by atoms with Crippen molar-refractivity contribution < 1.29 is 14.3 Å². The Bertz CT molecular complexity index is 773. The highest BCUT2D eigenvalue weighted by atomic mass is 32.1. The van der Waals surface area contributed by atoms with E-state index in [0.29, 0.717) is 11.3 Å². The number of piperidine rings is 1. The molecule has 1 heterocycles. The molecule has 1 fully saturated rings. The lowest BCUT2D eigenvalue weighted by Gasteiger charge is -2.28. The maximum Gasteiger partial charge on any atom is 0.251 e. The van der Waals surface area contributed by atoms with E-state index in [9.17, 15) is 4.79 Å². The average molecular weight is 372 g/mol. The molecule has 0 spiro atoms. The monoisotopic (exact) mass is 372 g/mol. The van der Waals surface area contributed by atoms with Crippen LogP contribution in [0.1, 0.15) is 23.2 Å². The highest BCUT2D eigenvalue weighted by molar-refractivity contribution is 7.77. The Hall–Kier alpha value is -2.18. The first-order chi connectivity index (χ1) is 12.6. The zero-order valence-electron chi connectivity index (χ0n) is 15.1. The molecule has 0 unspecified atom stereocenters. The smallest absolute Gasteiger partial charge is 0.251 e. The summed E-state index contributed by atoms with van der Waals surface area (Å²) in [7, 11) is 3.25. The van der Waals surface area contributed by atoms with E-state index < -0.39 is 0 Å². The molecule has 0 radical (unpaired) electrons. The fourth-order valence-corrected chi connectivity index (χ4v) is 3.37. The van der Waals surface area contributed by atoms with Crippen molar-refractivity contribution in [3.63, 3.8) is 0 Å². The van der Waals surface area contributed by atoms with Gasteiger partial charge in [-0.1, -0.05) is 24.9 Å². The van der Waals surface area contributed by atoms with E-state index in [1.807, 2.05) is 46.8 Å². The number of hydrogen-bond donors (Lipinski definition) is 2. The molecule has 138 valence electrons. The lowest BCUT2D eigenvalue weighted by Crippen LogP contribution is -2.42. The Kier molecular flexibility index (Phi) is 6.06. The molecular formula is C20H24N2O3S. The molecule has 0 bridgehead atoms. The fraction of sp³-hybridized carbons (Fsp3) is 0.350. The zero-order chi connectivity index (χ0) is 18.5.